The highest BCUT2D eigenvalue weighted by Crippen LogP contribution is 2.31. The van der Waals surface area contributed by atoms with Gasteiger partial charge in [0.05, 0.1) is 28.6 Å². The van der Waals surface area contributed by atoms with E-state index in [-0.39, 0.29) is 32.0 Å². The zero-order chi connectivity index (χ0) is 33.3. The molecular weight excluding hydrogens is 654 g/mol. The number of benzene rings is 3. The van der Waals surface area contributed by atoms with Gasteiger partial charge >= 0.3 is 12.1 Å². The van der Waals surface area contributed by atoms with Crippen LogP contribution >= 0.6 is 11.6 Å². The summed E-state index contributed by atoms with van der Waals surface area (Å²) in [6.45, 7) is -0.586. The zero-order valence-electron chi connectivity index (χ0n) is 24.5. The Morgan fingerprint density at radius 3 is 2.50 bits per heavy atom. The second kappa shape index (κ2) is 15.4. The lowest BCUT2D eigenvalue weighted by Gasteiger charge is -2.23. The van der Waals surface area contributed by atoms with Crippen molar-refractivity contribution < 1.29 is 40.3 Å². The average molecular weight is 684 g/mol. The third kappa shape index (κ3) is 10.4. The number of ether oxygens (including phenoxy) is 1. The Morgan fingerprint density at radius 1 is 1.00 bits per heavy atom. The average Bonchev–Trinajstić information content (AvgIpc) is 2.99. The third-order valence-electron chi connectivity index (χ3n) is 6.49. The van der Waals surface area contributed by atoms with Gasteiger partial charge in [-0.3, -0.25) is 15.1 Å². The summed E-state index contributed by atoms with van der Waals surface area (Å²) in [6, 6.07) is 16.4. The van der Waals surface area contributed by atoms with E-state index in [9.17, 15) is 30.8 Å². The molecule has 1 aromatic heterocycles. The Kier molecular flexibility index (Phi) is 11.6. The van der Waals surface area contributed by atoms with Crippen LogP contribution in [0.4, 0.5) is 34.8 Å². The highest BCUT2D eigenvalue weighted by atomic mass is 35.5. The summed E-state index contributed by atoms with van der Waals surface area (Å²) in [6.07, 6.45) is -2.36. The van der Waals surface area contributed by atoms with Crippen LogP contribution in [0.2, 0.25) is 5.02 Å². The summed E-state index contributed by atoms with van der Waals surface area (Å²) in [5, 5.41) is 4.17. The van der Waals surface area contributed by atoms with Gasteiger partial charge in [-0.15, -0.1) is 0 Å². The van der Waals surface area contributed by atoms with E-state index in [1.165, 1.54) is 18.5 Å². The molecule has 0 radical (unpaired) electrons. The van der Waals surface area contributed by atoms with Crippen molar-refractivity contribution in [2.75, 3.05) is 42.5 Å². The minimum atomic E-state index is -5.10. The standard InChI is InChI=1S/C30H30ClF4N5O5S/c1-46(42,43)14-12-40(29(41)30(33,34)35)11-2-3-13-45-39-23-7-9-26-24(16-23)28(37-19-36-26)38-22-8-10-27(25(31)17-22)44-18-20-5-4-6-21(32)15-20/h4-10,15-17,19,39H,2-3,11-14,18H2,1H3,(H,36,37,38). The molecule has 0 fully saturated rings. The lowest BCUT2D eigenvalue weighted by Crippen LogP contribution is -2.43. The molecule has 0 spiro atoms. The van der Waals surface area contributed by atoms with Gasteiger partial charge < -0.3 is 15.0 Å². The minimum absolute atomic E-state index is 0.0979. The fourth-order valence-electron chi connectivity index (χ4n) is 4.22. The zero-order valence-corrected chi connectivity index (χ0v) is 26.1. The van der Waals surface area contributed by atoms with Crippen molar-refractivity contribution in [3.8, 4) is 5.75 Å². The second-order valence-corrected chi connectivity index (χ2v) is 12.9. The van der Waals surface area contributed by atoms with E-state index in [0.717, 1.165) is 6.26 Å². The van der Waals surface area contributed by atoms with Crippen molar-refractivity contribution >= 4 is 55.4 Å². The van der Waals surface area contributed by atoms with Gasteiger partial charge in [-0.25, -0.2) is 22.8 Å². The molecule has 0 aliphatic heterocycles. The van der Waals surface area contributed by atoms with Gasteiger partial charge in [-0.1, -0.05) is 23.7 Å². The smallest absolute Gasteiger partial charge is 0.471 e. The first-order valence-corrected chi connectivity index (χ1v) is 16.3. The molecule has 0 atom stereocenters. The molecule has 0 aliphatic rings. The molecule has 2 N–H and O–H groups in total. The van der Waals surface area contributed by atoms with Gasteiger partial charge in [0.15, 0.2) is 0 Å². The SMILES string of the molecule is CS(=O)(=O)CCN(CCCCONc1ccc2ncnc(Nc3ccc(OCc4cccc(F)c4)c(Cl)c3)c2c1)C(=O)C(F)(F)F. The van der Waals surface area contributed by atoms with Crippen LogP contribution in [0.15, 0.2) is 67.0 Å². The highest BCUT2D eigenvalue weighted by Gasteiger charge is 2.42. The normalized spacial score (nSPS) is 11.8. The molecule has 0 bridgehead atoms. The molecule has 4 aromatic rings. The summed E-state index contributed by atoms with van der Waals surface area (Å²) < 4.78 is 80.7. The number of carbonyl (C=O) groups excluding carboxylic acids is 1. The van der Waals surface area contributed by atoms with Crippen molar-refractivity contribution in [3.05, 3.63) is 83.4 Å². The van der Waals surface area contributed by atoms with E-state index in [2.05, 4.69) is 20.8 Å². The van der Waals surface area contributed by atoms with Crippen LogP contribution in [0.25, 0.3) is 10.9 Å². The number of unbranched alkanes of at least 4 members (excludes halogenated alkanes) is 1. The Hall–Kier alpha value is -4.21. The number of rotatable bonds is 15. The number of alkyl halides is 3. The Bertz CT molecular complexity index is 1780. The summed E-state index contributed by atoms with van der Waals surface area (Å²) >= 11 is 6.42. The van der Waals surface area contributed by atoms with E-state index in [1.807, 2.05) is 0 Å². The van der Waals surface area contributed by atoms with E-state index in [1.54, 1.807) is 48.5 Å². The lowest BCUT2D eigenvalue weighted by atomic mass is 10.2. The Labute approximate surface area is 267 Å². The molecule has 0 aliphatic carbocycles. The van der Waals surface area contributed by atoms with Gasteiger partial charge in [-0.2, -0.15) is 13.2 Å². The van der Waals surface area contributed by atoms with E-state index in [4.69, 9.17) is 21.2 Å². The predicted octanol–water partition coefficient (Wildman–Crippen LogP) is 6.30. The van der Waals surface area contributed by atoms with E-state index in [0.29, 0.717) is 55.8 Å². The van der Waals surface area contributed by atoms with Crippen molar-refractivity contribution in [1.82, 2.24) is 14.9 Å². The summed E-state index contributed by atoms with van der Waals surface area (Å²) in [5.41, 5.74) is 5.23. The van der Waals surface area contributed by atoms with Crippen LogP contribution in [0.5, 0.6) is 5.75 Å². The minimum Gasteiger partial charge on any atom is -0.487 e. The number of nitrogens with zero attached hydrogens (tertiary/aromatic N) is 3. The Balaban J connectivity index is 1.31. The maximum Gasteiger partial charge on any atom is 0.471 e. The molecule has 0 unspecified atom stereocenters. The van der Waals surface area contributed by atoms with Gasteiger partial charge in [0.2, 0.25) is 0 Å². The number of hydrogen-bond donors (Lipinski definition) is 2. The molecule has 246 valence electrons. The second-order valence-electron chi connectivity index (χ2n) is 10.2. The van der Waals surface area contributed by atoms with Gasteiger partial charge in [0.25, 0.3) is 0 Å². The third-order valence-corrected chi connectivity index (χ3v) is 7.71. The number of hydrogen-bond acceptors (Lipinski definition) is 9. The van der Waals surface area contributed by atoms with Crippen molar-refractivity contribution in [1.29, 1.82) is 0 Å². The van der Waals surface area contributed by atoms with Crippen LogP contribution in [0.1, 0.15) is 18.4 Å². The van der Waals surface area contributed by atoms with Gasteiger partial charge in [-0.05, 0) is 66.9 Å². The number of nitrogens with one attached hydrogen (secondary N) is 2. The van der Waals surface area contributed by atoms with Crippen LogP contribution in [-0.2, 0) is 26.1 Å². The summed E-state index contributed by atoms with van der Waals surface area (Å²) in [5.74, 6) is -2.11. The molecule has 46 heavy (non-hydrogen) atoms. The quantitative estimate of drug-likeness (QED) is 0.0844. The number of amides is 1. The maximum absolute atomic E-state index is 13.4. The summed E-state index contributed by atoms with van der Waals surface area (Å²) in [7, 11) is -3.55. The Morgan fingerprint density at radius 2 is 1.78 bits per heavy atom. The first-order chi connectivity index (χ1) is 21.8. The van der Waals surface area contributed by atoms with Crippen LogP contribution in [0, 0.1) is 5.82 Å². The van der Waals surface area contributed by atoms with E-state index >= 15 is 0 Å². The van der Waals surface area contributed by atoms with Gasteiger partial charge in [0, 0.05) is 30.4 Å². The molecular formula is C30H30ClF4N5O5S. The number of carbonyl (C=O) groups is 1. The fraction of sp³-hybridized carbons (Fsp3) is 0.300. The molecule has 0 saturated carbocycles. The first-order valence-electron chi connectivity index (χ1n) is 13.9. The first kappa shape index (κ1) is 34.7. The van der Waals surface area contributed by atoms with Crippen LogP contribution in [-0.4, -0.2) is 67.1 Å². The van der Waals surface area contributed by atoms with Gasteiger partial charge in [0.1, 0.15) is 40.2 Å². The molecule has 0 saturated heterocycles. The number of halogens is 5. The van der Waals surface area contributed by atoms with Crippen molar-refractivity contribution in [2.24, 2.45) is 0 Å². The lowest BCUT2D eigenvalue weighted by molar-refractivity contribution is -0.185. The highest BCUT2D eigenvalue weighted by molar-refractivity contribution is 7.90. The van der Waals surface area contributed by atoms with E-state index < -0.39 is 34.2 Å². The molecule has 1 amide bonds. The molecule has 10 nitrogen and oxygen atoms in total. The monoisotopic (exact) mass is 683 g/mol. The number of fused-ring (bicyclic) bond motifs is 1. The maximum atomic E-state index is 13.4. The molecule has 3 aromatic carbocycles. The van der Waals surface area contributed by atoms with Crippen molar-refractivity contribution in [2.45, 2.75) is 25.6 Å². The van der Waals surface area contributed by atoms with Crippen LogP contribution < -0.4 is 15.5 Å². The number of aromatic nitrogens is 2. The van der Waals surface area contributed by atoms with Crippen molar-refractivity contribution in [3.63, 3.8) is 0 Å². The largest absolute Gasteiger partial charge is 0.487 e. The molecule has 1 heterocycles. The number of sulfone groups is 1. The summed E-state index contributed by atoms with van der Waals surface area (Å²) in [4.78, 5) is 26.2. The molecule has 16 heteroatoms. The molecule has 4 rings (SSSR count). The topological polar surface area (TPSA) is 123 Å². The number of anilines is 3. The fourth-order valence-corrected chi connectivity index (χ4v) is 5.01. The predicted molar refractivity (Wildman–Crippen MR) is 166 cm³/mol. The van der Waals surface area contributed by atoms with Crippen LogP contribution in [0.3, 0.4) is 0 Å².